The fourth-order valence-electron chi connectivity index (χ4n) is 5.79. The van der Waals surface area contributed by atoms with Crippen LogP contribution in [0.15, 0.2) is 75.7 Å². The van der Waals surface area contributed by atoms with Crippen LogP contribution in [0.3, 0.4) is 0 Å². The summed E-state index contributed by atoms with van der Waals surface area (Å²) in [6.45, 7) is 9.56. The van der Waals surface area contributed by atoms with Gasteiger partial charge in [-0.05, 0) is 47.9 Å². The number of carbonyl (C=O) groups is 1. The number of aromatic nitrogens is 1. The number of carboxylic acids is 1. The number of hydrogen-bond donors (Lipinski definition) is 2. The normalized spacial score (nSPS) is 16.7. The molecule has 4 aromatic rings. The minimum atomic E-state index is -0.754. The van der Waals surface area contributed by atoms with Gasteiger partial charge in [-0.3, -0.25) is 14.6 Å². The molecule has 2 unspecified atom stereocenters. The van der Waals surface area contributed by atoms with Crippen LogP contribution >= 0.6 is 31.9 Å². The van der Waals surface area contributed by atoms with E-state index >= 15 is 0 Å². The molecular weight excluding hydrogens is 620 g/mol. The van der Waals surface area contributed by atoms with Gasteiger partial charge in [0.05, 0.1) is 0 Å². The maximum atomic E-state index is 11.9. The molecule has 0 bridgehead atoms. The molecule has 1 saturated heterocycles. The number of benzene rings is 3. The Morgan fingerprint density at radius 1 is 0.872 bits per heavy atom. The van der Waals surface area contributed by atoms with Crippen molar-refractivity contribution in [1.29, 1.82) is 0 Å². The third kappa shape index (κ3) is 6.57. The molecule has 1 radical (unpaired) electrons. The van der Waals surface area contributed by atoms with Crippen LogP contribution in [0.2, 0.25) is 0 Å². The topological polar surface area (TPSA) is 60.7 Å². The molecule has 0 amide bonds. The highest BCUT2D eigenvalue weighted by molar-refractivity contribution is 9.10. The first-order valence-electron chi connectivity index (χ1n) is 13.4. The van der Waals surface area contributed by atoms with Gasteiger partial charge in [-0.1, -0.05) is 76.0 Å². The number of rotatable bonds is 10. The number of aliphatic carboxylic acids is 1. The lowest BCUT2D eigenvalue weighted by atomic mass is 10.0. The molecule has 6 nitrogen and oxygen atoms in total. The van der Waals surface area contributed by atoms with E-state index in [-0.39, 0.29) is 6.04 Å². The highest BCUT2D eigenvalue weighted by Gasteiger charge is 2.32. The Bertz CT molecular complexity index is 1370. The van der Waals surface area contributed by atoms with Gasteiger partial charge in [0.1, 0.15) is 6.04 Å². The number of piperazine rings is 1. The highest BCUT2D eigenvalue weighted by Crippen LogP contribution is 2.33. The summed E-state index contributed by atoms with van der Waals surface area (Å²) in [4.78, 5) is 16.4. The van der Waals surface area contributed by atoms with E-state index < -0.39 is 12.0 Å². The van der Waals surface area contributed by atoms with E-state index in [1.807, 2.05) is 13.8 Å². The van der Waals surface area contributed by atoms with Gasteiger partial charge in [-0.15, -0.1) is 0 Å². The smallest absolute Gasteiger partial charge is 0.321 e. The lowest BCUT2D eigenvalue weighted by molar-refractivity contribution is -0.143. The van der Waals surface area contributed by atoms with Crippen LogP contribution in [-0.2, 0) is 17.9 Å². The van der Waals surface area contributed by atoms with Gasteiger partial charge in [0.2, 0.25) is 0 Å². The summed E-state index contributed by atoms with van der Waals surface area (Å²) in [5, 5.41) is 16.1. The summed E-state index contributed by atoms with van der Waals surface area (Å²) in [6.07, 6.45) is 0. The first kappa shape index (κ1) is 28.3. The fourth-order valence-corrected chi connectivity index (χ4v) is 6.52. The summed E-state index contributed by atoms with van der Waals surface area (Å²) in [7, 11) is 0. The van der Waals surface area contributed by atoms with E-state index in [9.17, 15) is 9.90 Å². The maximum absolute atomic E-state index is 11.9. The Balaban J connectivity index is 1.39. The predicted octanol–water partition coefficient (Wildman–Crippen LogP) is 6.16. The second-order valence-corrected chi connectivity index (χ2v) is 12.5. The van der Waals surface area contributed by atoms with Crippen LogP contribution in [0.5, 0.6) is 0 Å². The molecule has 39 heavy (non-hydrogen) atoms. The molecule has 0 aliphatic carbocycles. The zero-order valence-electron chi connectivity index (χ0n) is 22.4. The molecule has 0 saturated carbocycles. The van der Waals surface area contributed by atoms with E-state index in [0.717, 1.165) is 60.7 Å². The molecule has 2 N–H and O–H groups in total. The van der Waals surface area contributed by atoms with Gasteiger partial charge < -0.3 is 15.0 Å². The Morgan fingerprint density at radius 2 is 1.46 bits per heavy atom. The third-order valence-corrected chi connectivity index (χ3v) is 8.65. The number of nitrogens with one attached hydrogen (secondary N) is 1. The van der Waals surface area contributed by atoms with Crippen LogP contribution in [0.1, 0.15) is 19.4 Å². The Kier molecular flexibility index (Phi) is 9.09. The first-order chi connectivity index (χ1) is 18.8. The third-order valence-electron chi connectivity index (χ3n) is 7.66. The summed E-state index contributed by atoms with van der Waals surface area (Å²) >= 11 is 7.33. The van der Waals surface area contributed by atoms with Gasteiger partial charge in [0.25, 0.3) is 0 Å². The lowest BCUT2D eigenvalue weighted by Gasteiger charge is -2.40. The number of hydrogen-bond acceptors (Lipinski definition) is 4. The van der Waals surface area contributed by atoms with E-state index in [2.05, 4.69) is 118 Å². The van der Waals surface area contributed by atoms with Crippen LogP contribution in [0.4, 0.5) is 0 Å². The van der Waals surface area contributed by atoms with Gasteiger partial charge in [0.15, 0.2) is 0 Å². The number of halogens is 2. The molecule has 0 spiro atoms. The van der Waals surface area contributed by atoms with Crippen LogP contribution < -0.4 is 5.32 Å². The molecule has 2 atom stereocenters. The lowest BCUT2D eigenvalue weighted by Crippen LogP contribution is -2.56. The average Bonchev–Trinajstić information content (AvgIpc) is 3.20. The summed E-state index contributed by atoms with van der Waals surface area (Å²) < 4.78 is 4.59. The molecule has 205 valence electrons. The van der Waals surface area contributed by atoms with Crippen molar-refractivity contribution in [2.75, 3.05) is 32.7 Å². The quantitative estimate of drug-likeness (QED) is 0.214. The molecule has 2 heterocycles. The SMILES string of the molecule is C[C](C)C(C(=O)O)N1CCN(CC(Cn2c3ccc(Br)cc3c3cc(Br)ccc32)NCc2ccccc2)CC1. The fraction of sp³-hybridized carbons (Fsp3) is 0.355. The standard InChI is InChI=1S/C31H35Br2N4O2/c1-21(2)30(31(38)39)36-14-12-35(13-15-36)19-25(34-18-22-6-4-3-5-7-22)20-37-28-10-8-23(32)16-26(28)27-17-24(33)9-11-29(27)37/h3-11,16-17,25,30,34H,12-15,18-20H2,1-2H3,(H,38,39). The first-order valence-corrected chi connectivity index (χ1v) is 15.0. The Morgan fingerprint density at radius 3 is 2.00 bits per heavy atom. The summed E-state index contributed by atoms with van der Waals surface area (Å²) in [5.41, 5.74) is 3.71. The minimum absolute atomic E-state index is 0.206. The molecule has 1 aromatic heterocycles. The van der Waals surface area contributed by atoms with E-state index in [0.29, 0.717) is 0 Å². The van der Waals surface area contributed by atoms with Crippen LogP contribution in [0, 0.1) is 5.92 Å². The molecule has 1 aliphatic rings. The average molecular weight is 655 g/mol. The highest BCUT2D eigenvalue weighted by atomic mass is 79.9. The zero-order chi connectivity index (χ0) is 27.5. The molecule has 1 aliphatic heterocycles. The van der Waals surface area contributed by atoms with Gasteiger partial charge >= 0.3 is 5.97 Å². The Labute approximate surface area is 247 Å². The monoisotopic (exact) mass is 653 g/mol. The van der Waals surface area contributed by atoms with Gasteiger partial charge in [-0.2, -0.15) is 0 Å². The van der Waals surface area contributed by atoms with Crippen LogP contribution in [0.25, 0.3) is 21.8 Å². The maximum Gasteiger partial charge on any atom is 0.321 e. The van der Waals surface area contributed by atoms with Crippen molar-refractivity contribution in [3.8, 4) is 0 Å². The van der Waals surface area contributed by atoms with E-state index in [1.165, 1.54) is 27.4 Å². The second-order valence-electron chi connectivity index (χ2n) is 10.7. The molecular formula is C31H35Br2N4O2. The van der Waals surface area contributed by atoms with Crippen molar-refractivity contribution in [1.82, 2.24) is 19.7 Å². The van der Waals surface area contributed by atoms with Gasteiger partial charge in [0, 0.05) is 82.6 Å². The van der Waals surface area contributed by atoms with Crippen molar-refractivity contribution in [2.24, 2.45) is 0 Å². The summed E-state index contributed by atoms with van der Waals surface area (Å²) in [6, 6.07) is 23.3. The van der Waals surface area contributed by atoms with E-state index in [4.69, 9.17) is 0 Å². The van der Waals surface area contributed by atoms with Crippen molar-refractivity contribution in [2.45, 2.75) is 39.0 Å². The molecule has 5 rings (SSSR count). The minimum Gasteiger partial charge on any atom is -0.480 e. The molecule has 1 fully saturated rings. The van der Waals surface area contributed by atoms with Gasteiger partial charge in [-0.25, -0.2) is 0 Å². The Hall–Kier alpha value is -2.23. The van der Waals surface area contributed by atoms with Crippen LogP contribution in [-0.4, -0.2) is 70.3 Å². The zero-order valence-corrected chi connectivity index (χ0v) is 25.6. The second kappa shape index (κ2) is 12.5. The summed E-state index contributed by atoms with van der Waals surface area (Å²) in [5.74, 6) is 0.179. The molecule has 8 heteroatoms. The largest absolute Gasteiger partial charge is 0.480 e. The number of nitrogens with zero attached hydrogens (tertiary/aromatic N) is 3. The van der Waals surface area contributed by atoms with E-state index in [1.54, 1.807) is 0 Å². The van der Waals surface area contributed by atoms with Crippen molar-refractivity contribution < 1.29 is 9.90 Å². The number of fused-ring (bicyclic) bond motifs is 3. The predicted molar refractivity (Wildman–Crippen MR) is 166 cm³/mol. The number of carboxylic acid groups (broad SMARTS) is 1. The van der Waals surface area contributed by atoms with Crippen molar-refractivity contribution in [3.05, 3.63) is 87.2 Å². The van der Waals surface area contributed by atoms with Crippen molar-refractivity contribution >= 4 is 59.6 Å². The van der Waals surface area contributed by atoms with Crippen molar-refractivity contribution in [3.63, 3.8) is 0 Å². The molecule has 3 aromatic carbocycles.